The molecule has 2 nitrogen and oxygen atoms in total. The summed E-state index contributed by atoms with van der Waals surface area (Å²) in [4.78, 5) is 10.4. The van der Waals surface area contributed by atoms with E-state index in [-0.39, 0.29) is 11.5 Å². The minimum absolute atomic E-state index is 0.151. The van der Waals surface area contributed by atoms with Crippen molar-refractivity contribution >= 4 is 29.2 Å². The van der Waals surface area contributed by atoms with E-state index in [1.54, 1.807) is 0 Å². The molecular weight excluding hydrogens is 187 g/mol. The summed E-state index contributed by atoms with van der Waals surface area (Å²) in [7, 11) is 0. The van der Waals surface area contributed by atoms with E-state index >= 15 is 0 Å². The Hall–Kier alpha value is -0.210. The highest BCUT2D eigenvalue weighted by atomic mass is 35.5. The number of alkyl halides is 1. The molecule has 1 N–H and O–H groups in total. The van der Waals surface area contributed by atoms with Crippen LogP contribution in [0.15, 0.2) is 11.1 Å². The van der Waals surface area contributed by atoms with Gasteiger partial charge in [-0.3, -0.25) is 0 Å². The van der Waals surface area contributed by atoms with Gasteiger partial charge in [0.25, 0.3) is 0 Å². The summed E-state index contributed by atoms with van der Waals surface area (Å²) in [5.74, 6) is -0.378. The summed E-state index contributed by atoms with van der Waals surface area (Å²) in [5.41, 5.74) is 1.30. The number of carbonyl (C=O) groups is 1. The summed E-state index contributed by atoms with van der Waals surface area (Å²) in [6.07, 6.45) is 0.419. The fourth-order valence-electron chi connectivity index (χ4n) is 0.608. The van der Waals surface area contributed by atoms with Crippen molar-refractivity contribution in [3.8, 4) is 0 Å². The Labute approximate surface area is 75.8 Å². The molecule has 0 aromatic rings. The standard InChI is InChI=1S/C7H10Cl2O2/c1-5(3-8)2-6(4-9)7(10)11/h4-5H,2-3H2,1H3,(H,10,11). The van der Waals surface area contributed by atoms with Gasteiger partial charge in [0.1, 0.15) is 0 Å². The van der Waals surface area contributed by atoms with Crippen molar-refractivity contribution in [2.24, 2.45) is 5.92 Å². The molecule has 0 aliphatic heterocycles. The summed E-state index contributed by atoms with van der Waals surface area (Å²) in [6, 6.07) is 0. The summed E-state index contributed by atoms with van der Waals surface area (Å²) in [6.45, 7) is 1.87. The van der Waals surface area contributed by atoms with Crippen LogP contribution in [0.1, 0.15) is 13.3 Å². The van der Waals surface area contributed by atoms with E-state index < -0.39 is 5.97 Å². The largest absolute Gasteiger partial charge is 0.478 e. The van der Waals surface area contributed by atoms with Gasteiger partial charge in [-0.05, 0) is 12.3 Å². The Kier molecular flexibility index (Phi) is 5.34. The van der Waals surface area contributed by atoms with Crippen molar-refractivity contribution in [1.82, 2.24) is 0 Å². The molecule has 1 unspecified atom stereocenters. The molecule has 0 radical (unpaired) electrons. The molecule has 0 aliphatic carbocycles. The van der Waals surface area contributed by atoms with Crippen molar-refractivity contribution in [2.45, 2.75) is 13.3 Å². The van der Waals surface area contributed by atoms with Crippen molar-refractivity contribution in [3.63, 3.8) is 0 Å². The summed E-state index contributed by atoms with van der Waals surface area (Å²) in [5, 5.41) is 8.52. The van der Waals surface area contributed by atoms with E-state index in [0.29, 0.717) is 12.3 Å². The smallest absolute Gasteiger partial charge is 0.332 e. The van der Waals surface area contributed by atoms with E-state index in [1.807, 2.05) is 6.92 Å². The minimum Gasteiger partial charge on any atom is -0.478 e. The van der Waals surface area contributed by atoms with Crippen molar-refractivity contribution in [2.75, 3.05) is 5.88 Å². The highest BCUT2D eigenvalue weighted by Crippen LogP contribution is 2.13. The first-order valence-corrected chi connectivity index (χ1v) is 4.17. The number of rotatable bonds is 4. The average Bonchev–Trinajstić information content (AvgIpc) is 1.99. The monoisotopic (exact) mass is 196 g/mol. The zero-order valence-electron chi connectivity index (χ0n) is 6.18. The Morgan fingerprint density at radius 1 is 1.73 bits per heavy atom. The van der Waals surface area contributed by atoms with E-state index in [2.05, 4.69) is 0 Å². The Bertz CT molecular complexity index is 166. The number of carboxylic acids is 1. The first-order valence-electron chi connectivity index (χ1n) is 3.20. The van der Waals surface area contributed by atoms with Crippen LogP contribution in [0.3, 0.4) is 0 Å². The molecule has 0 aromatic heterocycles. The van der Waals surface area contributed by atoms with Gasteiger partial charge in [0, 0.05) is 17.0 Å². The molecule has 0 rings (SSSR count). The van der Waals surface area contributed by atoms with Crippen LogP contribution in [0.2, 0.25) is 0 Å². The zero-order chi connectivity index (χ0) is 8.85. The van der Waals surface area contributed by atoms with Crippen molar-refractivity contribution in [3.05, 3.63) is 11.1 Å². The Morgan fingerprint density at radius 3 is 2.55 bits per heavy atom. The van der Waals surface area contributed by atoms with Gasteiger partial charge in [-0.25, -0.2) is 4.79 Å². The number of carboxylic acid groups (broad SMARTS) is 1. The number of aliphatic carboxylic acids is 1. The lowest BCUT2D eigenvalue weighted by molar-refractivity contribution is -0.132. The lowest BCUT2D eigenvalue weighted by Gasteiger charge is -2.05. The molecule has 4 heteroatoms. The van der Waals surface area contributed by atoms with Gasteiger partial charge in [0.2, 0.25) is 0 Å². The third kappa shape index (κ3) is 4.27. The van der Waals surface area contributed by atoms with Crippen LogP contribution in [-0.4, -0.2) is 17.0 Å². The van der Waals surface area contributed by atoms with Gasteiger partial charge >= 0.3 is 5.97 Å². The Morgan fingerprint density at radius 2 is 2.27 bits per heavy atom. The number of halogens is 2. The topological polar surface area (TPSA) is 37.3 Å². The summed E-state index contributed by atoms with van der Waals surface area (Å²) >= 11 is 10.8. The normalized spacial score (nSPS) is 14.6. The van der Waals surface area contributed by atoms with Crippen LogP contribution in [0.4, 0.5) is 0 Å². The molecule has 0 fully saturated rings. The van der Waals surface area contributed by atoms with Crippen LogP contribution < -0.4 is 0 Å². The van der Waals surface area contributed by atoms with Crippen LogP contribution in [-0.2, 0) is 4.79 Å². The van der Waals surface area contributed by atoms with Crippen LogP contribution in [0, 0.1) is 5.92 Å². The molecule has 0 saturated heterocycles. The second kappa shape index (κ2) is 5.44. The molecular formula is C7H10Cl2O2. The van der Waals surface area contributed by atoms with E-state index in [4.69, 9.17) is 28.3 Å². The van der Waals surface area contributed by atoms with Gasteiger partial charge in [-0.1, -0.05) is 18.5 Å². The Balaban J connectivity index is 4.00. The fraction of sp³-hybridized carbons (Fsp3) is 0.571. The van der Waals surface area contributed by atoms with Crippen LogP contribution in [0.25, 0.3) is 0 Å². The minimum atomic E-state index is -0.975. The maximum atomic E-state index is 10.4. The third-order valence-corrected chi connectivity index (χ3v) is 2.03. The van der Waals surface area contributed by atoms with E-state index in [0.717, 1.165) is 5.54 Å². The molecule has 64 valence electrons. The highest BCUT2D eigenvalue weighted by Gasteiger charge is 2.10. The molecule has 11 heavy (non-hydrogen) atoms. The van der Waals surface area contributed by atoms with Gasteiger partial charge in [0.05, 0.1) is 0 Å². The lowest BCUT2D eigenvalue weighted by Crippen LogP contribution is -2.06. The maximum absolute atomic E-state index is 10.4. The predicted molar refractivity (Wildman–Crippen MR) is 46.1 cm³/mol. The molecule has 1 atom stereocenters. The lowest BCUT2D eigenvalue weighted by atomic mass is 10.0. The molecule has 0 aliphatic rings. The first-order chi connectivity index (χ1) is 5.11. The fourth-order valence-corrected chi connectivity index (χ4v) is 0.900. The number of hydrogen-bond acceptors (Lipinski definition) is 1. The van der Waals surface area contributed by atoms with Gasteiger partial charge in [-0.2, -0.15) is 0 Å². The molecule has 0 spiro atoms. The summed E-state index contributed by atoms with van der Waals surface area (Å²) < 4.78 is 0. The van der Waals surface area contributed by atoms with Crippen LogP contribution >= 0.6 is 23.2 Å². The van der Waals surface area contributed by atoms with Crippen LogP contribution in [0.5, 0.6) is 0 Å². The van der Waals surface area contributed by atoms with Gasteiger partial charge in [-0.15, -0.1) is 11.6 Å². The molecule has 0 heterocycles. The molecule has 0 aromatic carbocycles. The highest BCUT2D eigenvalue weighted by molar-refractivity contribution is 6.27. The zero-order valence-corrected chi connectivity index (χ0v) is 7.69. The molecule has 0 saturated carbocycles. The molecule has 0 amide bonds. The van der Waals surface area contributed by atoms with Crippen molar-refractivity contribution in [1.29, 1.82) is 0 Å². The quantitative estimate of drug-likeness (QED) is 0.555. The predicted octanol–water partition coefficient (Wildman–Crippen LogP) is 2.46. The van der Waals surface area contributed by atoms with Gasteiger partial charge < -0.3 is 5.11 Å². The maximum Gasteiger partial charge on any atom is 0.332 e. The third-order valence-electron chi connectivity index (χ3n) is 1.24. The van der Waals surface area contributed by atoms with Gasteiger partial charge in [0.15, 0.2) is 0 Å². The second-order valence-corrected chi connectivity index (χ2v) is 2.93. The second-order valence-electron chi connectivity index (χ2n) is 2.40. The first kappa shape index (κ1) is 10.8. The molecule has 0 bridgehead atoms. The number of hydrogen-bond donors (Lipinski definition) is 1. The SMILES string of the molecule is CC(CCl)CC(=CCl)C(=O)O. The van der Waals surface area contributed by atoms with E-state index in [9.17, 15) is 4.79 Å². The average molecular weight is 197 g/mol. The van der Waals surface area contributed by atoms with Crippen molar-refractivity contribution < 1.29 is 9.90 Å². The van der Waals surface area contributed by atoms with E-state index in [1.165, 1.54) is 0 Å².